The van der Waals surface area contributed by atoms with E-state index in [1.165, 1.54) is 22.5 Å². The molecule has 8 heteroatoms. The molecule has 1 fully saturated rings. The van der Waals surface area contributed by atoms with E-state index in [9.17, 15) is 18.5 Å². The van der Waals surface area contributed by atoms with E-state index >= 15 is 0 Å². The average molecular weight is 327 g/mol. The first-order chi connectivity index (χ1) is 10.3. The third kappa shape index (κ3) is 3.82. The summed E-state index contributed by atoms with van der Waals surface area (Å²) in [6.07, 6.45) is 0. The van der Waals surface area contributed by atoms with Gasteiger partial charge >= 0.3 is 0 Å². The number of rotatable bonds is 5. The maximum atomic E-state index is 12.6. The standard InChI is InChI=1S/C14H21N3O4S/c1-12(2)11-15-6-8-16(9-7-15)22(20,21)14-5-3-4-13(10-14)17(18)19/h3-5,10,12H,6-9,11H2,1-2H3. The van der Waals surface area contributed by atoms with E-state index < -0.39 is 14.9 Å². The van der Waals surface area contributed by atoms with Crippen LogP contribution in [-0.2, 0) is 10.0 Å². The van der Waals surface area contributed by atoms with Crippen LogP contribution < -0.4 is 0 Å². The van der Waals surface area contributed by atoms with Gasteiger partial charge in [0.15, 0.2) is 0 Å². The van der Waals surface area contributed by atoms with Gasteiger partial charge in [-0.25, -0.2) is 8.42 Å². The normalized spacial score (nSPS) is 17.8. The van der Waals surface area contributed by atoms with E-state index in [4.69, 9.17) is 0 Å². The molecule has 7 nitrogen and oxygen atoms in total. The molecule has 122 valence electrons. The molecule has 0 spiro atoms. The molecule has 22 heavy (non-hydrogen) atoms. The van der Waals surface area contributed by atoms with Crippen LogP contribution in [-0.4, -0.2) is 55.3 Å². The minimum absolute atomic E-state index is 0.0148. The third-order valence-electron chi connectivity index (χ3n) is 3.62. The topological polar surface area (TPSA) is 83.8 Å². The fraction of sp³-hybridized carbons (Fsp3) is 0.571. The van der Waals surface area contributed by atoms with Crippen molar-refractivity contribution in [1.82, 2.24) is 9.21 Å². The summed E-state index contributed by atoms with van der Waals surface area (Å²) in [5.74, 6) is 0.542. The van der Waals surface area contributed by atoms with Crippen molar-refractivity contribution in [2.24, 2.45) is 5.92 Å². The van der Waals surface area contributed by atoms with Gasteiger partial charge in [0.2, 0.25) is 10.0 Å². The molecule has 2 rings (SSSR count). The minimum Gasteiger partial charge on any atom is -0.300 e. The molecule has 0 saturated carbocycles. The first-order valence-corrected chi connectivity index (χ1v) is 8.71. The van der Waals surface area contributed by atoms with Crippen LogP contribution in [0.4, 0.5) is 5.69 Å². The second-order valence-corrected chi connectivity index (χ2v) is 7.79. The average Bonchev–Trinajstić information content (AvgIpc) is 2.47. The van der Waals surface area contributed by atoms with Crippen molar-refractivity contribution < 1.29 is 13.3 Å². The number of hydrogen-bond donors (Lipinski definition) is 0. The first kappa shape index (κ1) is 16.9. The van der Waals surface area contributed by atoms with Crippen molar-refractivity contribution in [2.75, 3.05) is 32.7 Å². The largest absolute Gasteiger partial charge is 0.300 e. The zero-order chi connectivity index (χ0) is 16.3. The Labute approximate surface area is 130 Å². The zero-order valence-corrected chi connectivity index (χ0v) is 13.6. The molecule has 0 unspecified atom stereocenters. The van der Waals surface area contributed by atoms with E-state index in [1.807, 2.05) is 0 Å². The van der Waals surface area contributed by atoms with Gasteiger partial charge in [-0.2, -0.15) is 4.31 Å². The van der Waals surface area contributed by atoms with Gasteiger partial charge in [-0.3, -0.25) is 10.1 Å². The minimum atomic E-state index is -3.67. The zero-order valence-electron chi connectivity index (χ0n) is 12.8. The lowest BCUT2D eigenvalue weighted by Gasteiger charge is -2.34. The van der Waals surface area contributed by atoms with Crippen molar-refractivity contribution in [3.8, 4) is 0 Å². The fourth-order valence-electron chi connectivity index (χ4n) is 2.58. The SMILES string of the molecule is CC(C)CN1CCN(S(=O)(=O)c2cccc([N+](=O)[O-])c2)CC1. The molecule has 1 saturated heterocycles. The Balaban J connectivity index is 2.12. The summed E-state index contributed by atoms with van der Waals surface area (Å²) in [6.45, 7) is 7.41. The quantitative estimate of drug-likeness (QED) is 0.605. The lowest BCUT2D eigenvalue weighted by atomic mass is 10.2. The number of nitro groups is 1. The van der Waals surface area contributed by atoms with Crippen molar-refractivity contribution in [3.05, 3.63) is 34.4 Å². The first-order valence-electron chi connectivity index (χ1n) is 7.27. The van der Waals surface area contributed by atoms with Crippen molar-refractivity contribution in [3.63, 3.8) is 0 Å². The van der Waals surface area contributed by atoms with Crippen molar-refractivity contribution >= 4 is 15.7 Å². The predicted molar refractivity (Wildman–Crippen MR) is 83.1 cm³/mol. The molecule has 0 atom stereocenters. The molecule has 0 aromatic heterocycles. The van der Waals surface area contributed by atoms with Crippen LogP contribution in [0, 0.1) is 16.0 Å². The summed E-state index contributed by atoms with van der Waals surface area (Å²) in [5, 5.41) is 10.8. The monoisotopic (exact) mass is 327 g/mol. The van der Waals surface area contributed by atoms with Gasteiger partial charge in [-0.1, -0.05) is 19.9 Å². The van der Waals surface area contributed by atoms with Gasteiger partial charge in [0.1, 0.15) is 0 Å². The molecule has 1 aromatic carbocycles. The number of hydrogen-bond acceptors (Lipinski definition) is 5. The lowest BCUT2D eigenvalue weighted by Crippen LogP contribution is -2.49. The Morgan fingerprint density at radius 1 is 1.23 bits per heavy atom. The second kappa shape index (κ2) is 6.72. The number of non-ortho nitro benzene ring substituents is 1. The maximum absolute atomic E-state index is 12.6. The highest BCUT2D eigenvalue weighted by Crippen LogP contribution is 2.22. The Kier molecular flexibility index (Phi) is 5.15. The van der Waals surface area contributed by atoms with E-state index in [0.29, 0.717) is 32.1 Å². The van der Waals surface area contributed by atoms with Crippen LogP contribution in [0.2, 0.25) is 0 Å². The molecule has 0 aliphatic carbocycles. The molecule has 1 heterocycles. The van der Waals surface area contributed by atoms with Crippen LogP contribution in [0.1, 0.15) is 13.8 Å². The fourth-order valence-corrected chi connectivity index (χ4v) is 4.04. The Hall–Kier alpha value is -1.51. The summed E-state index contributed by atoms with van der Waals surface area (Å²) in [4.78, 5) is 12.4. The van der Waals surface area contributed by atoms with Gasteiger partial charge in [0, 0.05) is 44.9 Å². The molecule has 0 N–H and O–H groups in total. The molecule has 1 aliphatic heterocycles. The molecule has 1 aromatic rings. The van der Waals surface area contributed by atoms with E-state index in [0.717, 1.165) is 12.6 Å². The van der Waals surface area contributed by atoms with Crippen LogP contribution in [0.3, 0.4) is 0 Å². The Morgan fingerprint density at radius 3 is 2.41 bits per heavy atom. The van der Waals surface area contributed by atoms with Crippen LogP contribution in [0.25, 0.3) is 0 Å². The highest BCUT2D eigenvalue weighted by atomic mass is 32.2. The highest BCUT2D eigenvalue weighted by Gasteiger charge is 2.29. The number of sulfonamides is 1. The van der Waals surface area contributed by atoms with Crippen LogP contribution >= 0.6 is 0 Å². The predicted octanol–water partition coefficient (Wildman–Crippen LogP) is 1.56. The molecule has 0 amide bonds. The number of nitrogens with zero attached hydrogens (tertiary/aromatic N) is 3. The Morgan fingerprint density at radius 2 is 1.86 bits per heavy atom. The smallest absolute Gasteiger partial charge is 0.270 e. The van der Waals surface area contributed by atoms with Crippen LogP contribution in [0.15, 0.2) is 29.2 Å². The van der Waals surface area contributed by atoms with Gasteiger partial charge in [-0.15, -0.1) is 0 Å². The molecular formula is C14H21N3O4S. The summed E-state index contributed by atoms with van der Waals surface area (Å²) < 4.78 is 26.6. The van der Waals surface area contributed by atoms with Crippen molar-refractivity contribution in [1.29, 1.82) is 0 Å². The van der Waals surface area contributed by atoms with Crippen molar-refractivity contribution in [2.45, 2.75) is 18.7 Å². The molecule has 1 aliphatic rings. The highest BCUT2D eigenvalue weighted by molar-refractivity contribution is 7.89. The van der Waals surface area contributed by atoms with Crippen LogP contribution in [0.5, 0.6) is 0 Å². The summed E-state index contributed by atoms with van der Waals surface area (Å²) in [7, 11) is -3.67. The number of nitro benzene ring substituents is 1. The maximum Gasteiger partial charge on any atom is 0.270 e. The number of piperazine rings is 1. The van der Waals surface area contributed by atoms with Gasteiger partial charge in [0.05, 0.1) is 9.82 Å². The Bertz CT molecular complexity index is 637. The van der Waals surface area contributed by atoms with E-state index in [1.54, 1.807) is 0 Å². The van der Waals surface area contributed by atoms with E-state index in [-0.39, 0.29) is 10.6 Å². The lowest BCUT2D eigenvalue weighted by molar-refractivity contribution is -0.385. The second-order valence-electron chi connectivity index (χ2n) is 5.85. The summed E-state index contributed by atoms with van der Waals surface area (Å²) in [5.41, 5.74) is -0.209. The number of benzene rings is 1. The van der Waals surface area contributed by atoms with E-state index in [2.05, 4.69) is 18.7 Å². The molecule has 0 bridgehead atoms. The molecular weight excluding hydrogens is 306 g/mol. The third-order valence-corrected chi connectivity index (χ3v) is 5.52. The van der Waals surface area contributed by atoms with Gasteiger partial charge < -0.3 is 4.90 Å². The summed E-state index contributed by atoms with van der Waals surface area (Å²) in [6, 6.07) is 5.22. The summed E-state index contributed by atoms with van der Waals surface area (Å²) >= 11 is 0. The van der Waals surface area contributed by atoms with Gasteiger partial charge in [0.25, 0.3) is 5.69 Å². The molecule has 0 radical (unpaired) electrons. The van der Waals surface area contributed by atoms with Gasteiger partial charge in [-0.05, 0) is 12.0 Å².